The van der Waals surface area contributed by atoms with Crippen molar-refractivity contribution in [3.8, 4) is 11.1 Å². The molecule has 0 unspecified atom stereocenters. The van der Waals surface area contributed by atoms with Gasteiger partial charge in [0.2, 0.25) is 0 Å². The van der Waals surface area contributed by atoms with Gasteiger partial charge >= 0.3 is 0 Å². The largest absolute Gasteiger partial charge is 0.345 e. The van der Waals surface area contributed by atoms with Crippen molar-refractivity contribution in [2.75, 3.05) is 0 Å². The van der Waals surface area contributed by atoms with Crippen LogP contribution >= 0.6 is 0 Å². The van der Waals surface area contributed by atoms with E-state index in [0.29, 0.717) is 5.56 Å². The van der Waals surface area contributed by atoms with Crippen molar-refractivity contribution in [3.05, 3.63) is 95.6 Å². The molecule has 0 aliphatic heterocycles. The summed E-state index contributed by atoms with van der Waals surface area (Å²) >= 11 is 0. The number of hydrogen-bond acceptors (Lipinski definition) is 1. The zero-order valence-corrected chi connectivity index (χ0v) is 14.1. The van der Waals surface area contributed by atoms with Crippen molar-refractivity contribution in [1.82, 2.24) is 5.32 Å². The Morgan fingerprint density at radius 1 is 0.800 bits per heavy atom. The van der Waals surface area contributed by atoms with E-state index in [1.165, 1.54) is 11.1 Å². The standard InChI is InChI=1S/C23H21NO/c25-23(24-22-12-6-10-19-9-4-5-11-21(19)22)20-15-13-18(14-16-20)17-7-2-1-3-8-17/h1-5,7-9,11,13-16,22H,6,10,12H2,(H,24,25)/t22-/m1/s1. The van der Waals surface area contributed by atoms with E-state index in [2.05, 4.69) is 41.7 Å². The third kappa shape index (κ3) is 3.34. The molecule has 4 rings (SSSR count). The molecule has 0 bridgehead atoms. The molecule has 1 aliphatic rings. The van der Waals surface area contributed by atoms with Crippen LogP contribution in [0.4, 0.5) is 0 Å². The van der Waals surface area contributed by atoms with Crippen LogP contribution in [0.1, 0.15) is 40.4 Å². The fourth-order valence-corrected chi connectivity index (χ4v) is 3.59. The summed E-state index contributed by atoms with van der Waals surface area (Å²) < 4.78 is 0. The van der Waals surface area contributed by atoms with Crippen molar-refractivity contribution in [2.45, 2.75) is 25.3 Å². The van der Waals surface area contributed by atoms with Gasteiger partial charge in [-0.15, -0.1) is 0 Å². The highest BCUT2D eigenvalue weighted by molar-refractivity contribution is 5.95. The monoisotopic (exact) mass is 327 g/mol. The predicted octanol–water partition coefficient (Wildman–Crippen LogP) is 5.16. The third-order valence-corrected chi connectivity index (χ3v) is 4.93. The van der Waals surface area contributed by atoms with Gasteiger partial charge in [0.25, 0.3) is 5.91 Å². The van der Waals surface area contributed by atoms with E-state index in [9.17, 15) is 4.79 Å². The maximum absolute atomic E-state index is 12.7. The summed E-state index contributed by atoms with van der Waals surface area (Å²) in [7, 11) is 0. The van der Waals surface area contributed by atoms with Gasteiger partial charge in [-0.2, -0.15) is 0 Å². The molecule has 124 valence electrons. The van der Waals surface area contributed by atoms with Gasteiger partial charge in [0.1, 0.15) is 0 Å². The van der Waals surface area contributed by atoms with E-state index in [-0.39, 0.29) is 11.9 Å². The molecular formula is C23H21NO. The van der Waals surface area contributed by atoms with E-state index in [4.69, 9.17) is 0 Å². The molecule has 0 heterocycles. The van der Waals surface area contributed by atoms with Crippen molar-refractivity contribution >= 4 is 5.91 Å². The first kappa shape index (κ1) is 15.6. The lowest BCUT2D eigenvalue weighted by Crippen LogP contribution is -2.30. The number of fused-ring (bicyclic) bond motifs is 1. The molecule has 0 fully saturated rings. The van der Waals surface area contributed by atoms with Crippen LogP contribution in [0, 0.1) is 0 Å². The van der Waals surface area contributed by atoms with Crippen LogP contribution in [-0.4, -0.2) is 5.91 Å². The summed E-state index contributed by atoms with van der Waals surface area (Å²) in [5.74, 6) is 0.00122. The number of carbonyl (C=O) groups excluding carboxylic acids is 1. The number of nitrogens with one attached hydrogen (secondary N) is 1. The smallest absolute Gasteiger partial charge is 0.251 e. The zero-order valence-electron chi connectivity index (χ0n) is 14.1. The maximum atomic E-state index is 12.7. The van der Waals surface area contributed by atoms with Crippen molar-refractivity contribution in [3.63, 3.8) is 0 Å². The number of benzene rings is 3. The molecule has 1 aliphatic carbocycles. The molecule has 2 nitrogen and oxygen atoms in total. The molecule has 25 heavy (non-hydrogen) atoms. The van der Waals surface area contributed by atoms with E-state index < -0.39 is 0 Å². The topological polar surface area (TPSA) is 29.1 Å². The summed E-state index contributed by atoms with van der Waals surface area (Å²) in [6, 6.07) is 26.6. The lowest BCUT2D eigenvalue weighted by atomic mass is 9.87. The van der Waals surface area contributed by atoms with Crippen LogP contribution in [0.3, 0.4) is 0 Å². The van der Waals surface area contributed by atoms with E-state index >= 15 is 0 Å². The average molecular weight is 327 g/mol. The molecule has 0 spiro atoms. The minimum atomic E-state index is 0.00122. The fraction of sp³-hybridized carbons (Fsp3) is 0.174. The molecule has 2 heteroatoms. The van der Waals surface area contributed by atoms with Crippen LogP contribution < -0.4 is 5.32 Å². The highest BCUT2D eigenvalue weighted by Crippen LogP contribution is 2.29. The van der Waals surface area contributed by atoms with E-state index in [1.54, 1.807) is 0 Å². The predicted molar refractivity (Wildman–Crippen MR) is 101 cm³/mol. The molecule has 3 aromatic carbocycles. The number of aryl methyl sites for hydroxylation is 1. The van der Waals surface area contributed by atoms with Gasteiger partial charge in [0.15, 0.2) is 0 Å². The van der Waals surface area contributed by atoms with Crippen LogP contribution in [0.25, 0.3) is 11.1 Å². The normalized spacial score (nSPS) is 16.1. The van der Waals surface area contributed by atoms with Gasteiger partial charge in [-0.3, -0.25) is 4.79 Å². The van der Waals surface area contributed by atoms with Crippen LogP contribution in [0.2, 0.25) is 0 Å². The van der Waals surface area contributed by atoms with E-state index in [1.807, 2.05) is 42.5 Å². The molecule has 1 atom stereocenters. The number of amides is 1. The first-order valence-corrected chi connectivity index (χ1v) is 8.85. The maximum Gasteiger partial charge on any atom is 0.251 e. The molecule has 1 amide bonds. The van der Waals surface area contributed by atoms with Crippen LogP contribution in [0.15, 0.2) is 78.9 Å². The summed E-state index contributed by atoms with van der Waals surface area (Å²) in [6.45, 7) is 0. The second kappa shape index (κ2) is 6.94. The highest BCUT2D eigenvalue weighted by Gasteiger charge is 2.21. The molecule has 0 saturated carbocycles. The fourth-order valence-electron chi connectivity index (χ4n) is 3.59. The highest BCUT2D eigenvalue weighted by atomic mass is 16.1. The second-order valence-corrected chi connectivity index (χ2v) is 6.56. The Morgan fingerprint density at radius 2 is 1.48 bits per heavy atom. The molecule has 1 N–H and O–H groups in total. The number of carbonyl (C=O) groups is 1. The summed E-state index contributed by atoms with van der Waals surface area (Å²) in [5, 5.41) is 3.21. The Labute approximate surface area is 148 Å². The zero-order chi connectivity index (χ0) is 17.1. The summed E-state index contributed by atoms with van der Waals surface area (Å²) in [6.07, 6.45) is 3.23. The van der Waals surface area contributed by atoms with Crippen molar-refractivity contribution < 1.29 is 4.79 Å². The van der Waals surface area contributed by atoms with Gasteiger partial charge in [-0.05, 0) is 53.6 Å². The quantitative estimate of drug-likeness (QED) is 0.707. The lowest BCUT2D eigenvalue weighted by Gasteiger charge is -2.26. The second-order valence-electron chi connectivity index (χ2n) is 6.56. The van der Waals surface area contributed by atoms with Crippen LogP contribution in [-0.2, 0) is 6.42 Å². The molecule has 0 radical (unpaired) electrons. The first-order chi connectivity index (χ1) is 12.3. The molecule has 0 aromatic heterocycles. The van der Waals surface area contributed by atoms with Gasteiger partial charge in [-0.25, -0.2) is 0 Å². The van der Waals surface area contributed by atoms with Gasteiger partial charge in [-0.1, -0.05) is 66.7 Å². The van der Waals surface area contributed by atoms with Crippen molar-refractivity contribution in [1.29, 1.82) is 0 Å². The number of rotatable bonds is 3. The molecule has 0 saturated heterocycles. The third-order valence-electron chi connectivity index (χ3n) is 4.93. The first-order valence-electron chi connectivity index (χ1n) is 8.85. The van der Waals surface area contributed by atoms with E-state index in [0.717, 1.165) is 30.4 Å². The Bertz CT molecular complexity index is 868. The van der Waals surface area contributed by atoms with Gasteiger partial charge in [0, 0.05) is 5.56 Å². The Hall–Kier alpha value is -2.87. The average Bonchev–Trinajstić information content (AvgIpc) is 2.69. The lowest BCUT2D eigenvalue weighted by molar-refractivity contribution is 0.0933. The Kier molecular flexibility index (Phi) is 4.34. The minimum absolute atomic E-state index is 0.00122. The summed E-state index contributed by atoms with van der Waals surface area (Å²) in [5.41, 5.74) is 5.63. The summed E-state index contributed by atoms with van der Waals surface area (Å²) in [4.78, 5) is 12.7. The minimum Gasteiger partial charge on any atom is -0.345 e. The SMILES string of the molecule is O=C(N[C@@H]1CCCc2ccccc21)c1ccc(-c2ccccc2)cc1. The Morgan fingerprint density at radius 3 is 2.28 bits per heavy atom. The van der Waals surface area contributed by atoms with Gasteiger partial charge < -0.3 is 5.32 Å². The van der Waals surface area contributed by atoms with Crippen molar-refractivity contribution in [2.24, 2.45) is 0 Å². The number of hydrogen-bond donors (Lipinski definition) is 1. The molecule has 3 aromatic rings. The van der Waals surface area contributed by atoms with Crippen LogP contribution in [0.5, 0.6) is 0 Å². The van der Waals surface area contributed by atoms with Gasteiger partial charge in [0.05, 0.1) is 6.04 Å². The Balaban J connectivity index is 1.51. The molecular weight excluding hydrogens is 306 g/mol.